The summed E-state index contributed by atoms with van der Waals surface area (Å²) in [6.07, 6.45) is 3.13. The van der Waals surface area contributed by atoms with Gasteiger partial charge >= 0.3 is 0 Å². The summed E-state index contributed by atoms with van der Waals surface area (Å²) in [5.74, 6) is 4.39. The van der Waals surface area contributed by atoms with E-state index < -0.39 is 0 Å². The molecule has 0 aromatic carbocycles. The average Bonchev–Trinajstić information content (AvgIpc) is 2.45. The lowest BCUT2D eigenvalue weighted by Crippen LogP contribution is -2.33. The Labute approximate surface area is 117 Å². The van der Waals surface area contributed by atoms with E-state index in [-0.39, 0.29) is 0 Å². The van der Waals surface area contributed by atoms with Crippen molar-refractivity contribution < 1.29 is 0 Å². The van der Waals surface area contributed by atoms with Crippen LogP contribution < -0.4 is 10.2 Å². The number of rotatable bonds is 5. The molecule has 1 aliphatic rings. The molecule has 1 N–H and O–H groups in total. The SMILES string of the molecule is CCCNc1cc(N2CCSCC2)nc(SC)n1. The van der Waals surface area contributed by atoms with E-state index in [9.17, 15) is 0 Å². The maximum atomic E-state index is 4.61. The zero-order valence-corrected chi connectivity index (χ0v) is 12.6. The fraction of sp³-hybridized carbons (Fsp3) is 0.667. The monoisotopic (exact) mass is 284 g/mol. The molecule has 2 rings (SSSR count). The molecule has 1 aromatic heterocycles. The van der Waals surface area contributed by atoms with E-state index in [0.29, 0.717) is 0 Å². The van der Waals surface area contributed by atoms with Gasteiger partial charge in [0.05, 0.1) is 0 Å². The standard InChI is InChI=1S/C12H20N4S2/c1-3-4-13-10-9-11(15-12(14-10)17-2)16-5-7-18-8-6-16/h9H,3-8H2,1-2H3,(H,13,14,15). The van der Waals surface area contributed by atoms with E-state index in [1.54, 1.807) is 11.8 Å². The van der Waals surface area contributed by atoms with Crippen LogP contribution in [0.2, 0.25) is 0 Å². The second-order valence-corrected chi connectivity index (χ2v) is 6.12. The van der Waals surface area contributed by atoms with Crippen molar-refractivity contribution in [1.82, 2.24) is 9.97 Å². The third kappa shape index (κ3) is 3.68. The summed E-state index contributed by atoms with van der Waals surface area (Å²) in [5.41, 5.74) is 0. The molecular formula is C12H20N4S2. The van der Waals surface area contributed by atoms with Crippen LogP contribution in [0.4, 0.5) is 11.6 Å². The zero-order valence-electron chi connectivity index (χ0n) is 11.0. The van der Waals surface area contributed by atoms with Crippen LogP contribution in [0.15, 0.2) is 11.2 Å². The van der Waals surface area contributed by atoms with Crippen molar-refractivity contribution in [2.24, 2.45) is 0 Å². The van der Waals surface area contributed by atoms with Gasteiger partial charge in [-0.25, -0.2) is 9.97 Å². The van der Waals surface area contributed by atoms with Crippen LogP contribution in [0.5, 0.6) is 0 Å². The van der Waals surface area contributed by atoms with E-state index >= 15 is 0 Å². The Bertz CT molecular complexity index is 380. The first-order valence-electron chi connectivity index (χ1n) is 6.33. The minimum Gasteiger partial charge on any atom is -0.370 e. The first kappa shape index (κ1) is 13.8. The summed E-state index contributed by atoms with van der Waals surface area (Å²) >= 11 is 3.62. The predicted molar refractivity (Wildman–Crippen MR) is 82.1 cm³/mol. The van der Waals surface area contributed by atoms with Crippen molar-refractivity contribution in [2.75, 3.05) is 47.6 Å². The summed E-state index contributed by atoms with van der Waals surface area (Å²) in [6.45, 7) is 5.29. The van der Waals surface area contributed by atoms with Crippen molar-refractivity contribution in [3.8, 4) is 0 Å². The van der Waals surface area contributed by atoms with Crippen LogP contribution in [0, 0.1) is 0 Å². The Balaban J connectivity index is 2.16. The molecule has 1 saturated heterocycles. The lowest BCUT2D eigenvalue weighted by molar-refractivity contribution is 0.813. The first-order chi connectivity index (χ1) is 8.83. The molecule has 0 bridgehead atoms. The van der Waals surface area contributed by atoms with Crippen molar-refractivity contribution >= 4 is 35.2 Å². The lowest BCUT2D eigenvalue weighted by Gasteiger charge is -2.27. The van der Waals surface area contributed by atoms with Gasteiger partial charge in [-0.3, -0.25) is 0 Å². The average molecular weight is 284 g/mol. The number of anilines is 2. The van der Waals surface area contributed by atoms with Crippen LogP contribution in [-0.4, -0.2) is 47.4 Å². The topological polar surface area (TPSA) is 41.0 Å². The molecule has 1 fully saturated rings. The van der Waals surface area contributed by atoms with Crippen LogP contribution in [0.1, 0.15) is 13.3 Å². The maximum Gasteiger partial charge on any atom is 0.191 e. The van der Waals surface area contributed by atoms with E-state index in [2.05, 4.69) is 33.2 Å². The Kier molecular flexibility index (Phi) is 5.44. The van der Waals surface area contributed by atoms with E-state index in [4.69, 9.17) is 0 Å². The molecule has 4 nitrogen and oxygen atoms in total. The number of hydrogen-bond acceptors (Lipinski definition) is 6. The van der Waals surface area contributed by atoms with E-state index in [1.165, 1.54) is 11.5 Å². The van der Waals surface area contributed by atoms with Crippen LogP contribution in [0.25, 0.3) is 0 Å². The summed E-state index contributed by atoms with van der Waals surface area (Å²) in [6, 6.07) is 2.07. The van der Waals surface area contributed by atoms with Gasteiger partial charge in [-0.2, -0.15) is 11.8 Å². The van der Waals surface area contributed by atoms with Gasteiger partial charge in [-0.1, -0.05) is 18.7 Å². The smallest absolute Gasteiger partial charge is 0.191 e. The molecule has 100 valence electrons. The zero-order chi connectivity index (χ0) is 12.8. The van der Waals surface area contributed by atoms with Gasteiger partial charge in [0.2, 0.25) is 0 Å². The Morgan fingerprint density at radius 3 is 2.83 bits per heavy atom. The van der Waals surface area contributed by atoms with Gasteiger partial charge in [0.1, 0.15) is 11.6 Å². The first-order valence-corrected chi connectivity index (χ1v) is 8.71. The minimum atomic E-state index is 0.851. The number of aromatic nitrogens is 2. The molecule has 0 atom stereocenters. The molecule has 0 unspecified atom stereocenters. The van der Waals surface area contributed by atoms with Gasteiger partial charge in [-0.05, 0) is 12.7 Å². The second kappa shape index (κ2) is 7.09. The predicted octanol–water partition coefficient (Wildman–Crippen LogP) is 2.57. The summed E-state index contributed by atoms with van der Waals surface area (Å²) < 4.78 is 0. The van der Waals surface area contributed by atoms with Crippen LogP contribution in [0.3, 0.4) is 0 Å². The number of nitrogens with one attached hydrogen (secondary N) is 1. The summed E-state index contributed by atoms with van der Waals surface area (Å²) in [7, 11) is 0. The highest BCUT2D eigenvalue weighted by atomic mass is 32.2. The number of nitrogens with zero attached hydrogens (tertiary/aromatic N) is 3. The summed E-state index contributed by atoms with van der Waals surface area (Å²) in [4.78, 5) is 11.5. The third-order valence-electron chi connectivity index (χ3n) is 2.77. The number of thioether (sulfide) groups is 2. The molecule has 1 aliphatic heterocycles. The van der Waals surface area contributed by atoms with Crippen molar-refractivity contribution in [2.45, 2.75) is 18.5 Å². The normalized spacial score (nSPS) is 15.8. The van der Waals surface area contributed by atoms with Crippen LogP contribution >= 0.6 is 23.5 Å². The van der Waals surface area contributed by atoms with Gasteiger partial charge in [0.25, 0.3) is 0 Å². The molecule has 0 spiro atoms. The van der Waals surface area contributed by atoms with Crippen molar-refractivity contribution in [1.29, 1.82) is 0 Å². The van der Waals surface area contributed by atoms with E-state index in [0.717, 1.165) is 42.8 Å². The van der Waals surface area contributed by atoms with Gasteiger partial charge in [0, 0.05) is 37.2 Å². The highest BCUT2D eigenvalue weighted by molar-refractivity contribution is 7.99. The fourth-order valence-electron chi connectivity index (χ4n) is 1.80. The molecule has 0 aliphatic carbocycles. The molecular weight excluding hydrogens is 264 g/mol. The maximum absolute atomic E-state index is 4.61. The van der Waals surface area contributed by atoms with Crippen molar-refractivity contribution in [3.63, 3.8) is 0 Å². The third-order valence-corrected chi connectivity index (χ3v) is 4.26. The van der Waals surface area contributed by atoms with Crippen molar-refractivity contribution in [3.05, 3.63) is 6.07 Å². The molecule has 1 aromatic rings. The van der Waals surface area contributed by atoms with Gasteiger partial charge in [0.15, 0.2) is 5.16 Å². The molecule has 18 heavy (non-hydrogen) atoms. The lowest BCUT2D eigenvalue weighted by atomic mass is 10.4. The quantitative estimate of drug-likeness (QED) is 0.662. The Morgan fingerprint density at radius 1 is 1.39 bits per heavy atom. The van der Waals surface area contributed by atoms with Gasteiger partial charge < -0.3 is 10.2 Å². The molecule has 0 radical (unpaired) electrons. The van der Waals surface area contributed by atoms with E-state index in [1.807, 2.05) is 18.0 Å². The minimum absolute atomic E-state index is 0.851. The summed E-state index contributed by atoms with van der Waals surface area (Å²) in [5, 5.41) is 4.20. The van der Waals surface area contributed by atoms with Crippen LogP contribution in [-0.2, 0) is 0 Å². The molecule has 0 saturated carbocycles. The Morgan fingerprint density at radius 2 is 2.17 bits per heavy atom. The number of hydrogen-bond donors (Lipinski definition) is 1. The van der Waals surface area contributed by atoms with Gasteiger partial charge in [-0.15, -0.1) is 0 Å². The highest BCUT2D eigenvalue weighted by Crippen LogP contribution is 2.22. The highest BCUT2D eigenvalue weighted by Gasteiger charge is 2.14. The molecule has 6 heteroatoms. The largest absolute Gasteiger partial charge is 0.370 e. The Hall–Kier alpha value is -0.620. The fourth-order valence-corrected chi connectivity index (χ4v) is 3.08. The second-order valence-electron chi connectivity index (χ2n) is 4.12. The molecule has 2 heterocycles. The molecule has 0 amide bonds.